The fourth-order valence-electron chi connectivity index (χ4n) is 4.08. The molecule has 0 radical (unpaired) electrons. The first-order chi connectivity index (χ1) is 11.7. The summed E-state index contributed by atoms with van der Waals surface area (Å²) in [6, 6.07) is 0.459. The van der Waals surface area contributed by atoms with E-state index in [0.29, 0.717) is 18.6 Å². The number of halogens is 1. The Hall–Kier alpha value is -1.14. The molecule has 0 amide bonds. The summed E-state index contributed by atoms with van der Waals surface area (Å²) in [6.07, 6.45) is 6.28. The predicted molar refractivity (Wildman–Crippen MR) is 102 cm³/mol. The smallest absolute Gasteiger partial charge is 0.322 e. The van der Waals surface area contributed by atoms with Crippen molar-refractivity contribution in [2.45, 2.75) is 90.3 Å². The van der Waals surface area contributed by atoms with E-state index in [-0.39, 0.29) is 22.4 Å². The number of unbranched alkanes of at least 4 members (excludes halogenated alkanes) is 3. The molecule has 2 heterocycles. The quantitative estimate of drug-likeness (QED) is 0.733. The van der Waals surface area contributed by atoms with Crippen LogP contribution in [0.4, 0.5) is 5.95 Å². The zero-order valence-electron chi connectivity index (χ0n) is 16.2. The third kappa shape index (κ3) is 5.17. The Morgan fingerprint density at radius 2 is 1.72 bits per heavy atom. The van der Waals surface area contributed by atoms with E-state index in [0.717, 1.165) is 25.7 Å². The summed E-state index contributed by atoms with van der Waals surface area (Å²) in [6.45, 7) is 11.4. The number of piperidine rings is 1. The molecule has 1 fully saturated rings. The molecular formula is C18H32ClN5O. The summed E-state index contributed by atoms with van der Waals surface area (Å²) in [5, 5.41) is 0.162. The van der Waals surface area contributed by atoms with Crippen LogP contribution in [0.2, 0.25) is 5.28 Å². The van der Waals surface area contributed by atoms with Crippen LogP contribution in [0.3, 0.4) is 0 Å². The Morgan fingerprint density at radius 1 is 1.08 bits per heavy atom. The van der Waals surface area contributed by atoms with E-state index in [1.165, 1.54) is 12.8 Å². The molecule has 0 aromatic carbocycles. The highest BCUT2D eigenvalue weighted by Gasteiger charge is 2.46. The molecule has 2 rings (SSSR count). The van der Waals surface area contributed by atoms with Gasteiger partial charge in [-0.1, -0.05) is 26.2 Å². The van der Waals surface area contributed by atoms with Crippen LogP contribution in [-0.2, 0) is 0 Å². The molecule has 25 heavy (non-hydrogen) atoms. The van der Waals surface area contributed by atoms with Crippen molar-refractivity contribution in [2.24, 2.45) is 5.73 Å². The van der Waals surface area contributed by atoms with Gasteiger partial charge < -0.3 is 15.4 Å². The van der Waals surface area contributed by atoms with Crippen LogP contribution in [0.25, 0.3) is 0 Å². The normalized spacial score (nSPS) is 19.9. The highest BCUT2D eigenvalue weighted by atomic mass is 35.5. The maximum Gasteiger partial charge on any atom is 0.322 e. The van der Waals surface area contributed by atoms with Gasteiger partial charge in [-0.2, -0.15) is 15.0 Å². The molecular weight excluding hydrogens is 338 g/mol. The lowest BCUT2D eigenvalue weighted by atomic mass is 9.77. The molecule has 142 valence electrons. The SMILES string of the molecule is CCCCCCOc1nc(Cl)nc(N2C(C)(C)CC(N)CC2(C)C)n1. The molecule has 0 aliphatic carbocycles. The number of nitrogens with zero attached hydrogens (tertiary/aromatic N) is 4. The third-order valence-corrected chi connectivity index (χ3v) is 4.91. The Bertz CT molecular complexity index is 561. The minimum absolute atomic E-state index is 0.160. The number of hydrogen-bond donors (Lipinski definition) is 1. The van der Waals surface area contributed by atoms with Crippen LogP contribution in [0, 0.1) is 0 Å². The van der Waals surface area contributed by atoms with E-state index in [1.54, 1.807) is 0 Å². The molecule has 0 saturated carbocycles. The molecule has 1 aromatic rings. The topological polar surface area (TPSA) is 77.2 Å². The molecule has 1 saturated heterocycles. The lowest BCUT2D eigenvalue weighted by Crippen LogP contribution is -2.64. The molecule has 7 heteroatoms. The van der Waals surface area contributed by atoms with E-state index in [9.17, 15) is 0 Å². The average Bonchev–Trinajstić information content (AvgIpc) is 2.43. The van der Waals surface area contributed by atoms with Crippen molar-refractivity contribution in [3.63, 3.8) is 0 Å². The number of nitrogens with two attached hydrogens (primary N) is 1. The Labute approximate surface area is 156 Å². The Balaban J connectivity index is 2.20. The summed E-state index contributed by atoms with van der Waals surface area (Å²) < 4.78 is 5.72. The van der Waals surface area contributed by atoms with Gasteiger partial charge in [0.15, 0.2) is 0 Å². The zero-order chi connectivity index (χ0) is 18.7. The minimum atomic E-state index is -0.176. The number of aromatic nitrogens is 3. The van der Waals surface area contributed by atoms with Gasteiger partial charge >= 0.3 is 6.01 Å². The Morgan fingerprint density at radius 3 is 2.32 bits per heavy atom. The zero-order valence-corrected chi connectivity index (χ0v) is 16.9. The van der Waals surface area contributed by atoms with Crippen molar-refractivity contribution >= 4 is 17.5 Å². The first-order valence-corrected chi connectivity index (χ1v) is 9.64. The number of ether oxygens (including phenoxy) is 1. The molecule has 0 unspecified atom stereocenters. The van der Waals surface area contributed by atoms with Crippen molar-refractivity contribution < 1.29 is 4.74 Å². The molecule has 0 bridgehead atoms. The van der Waals surface area contributed by atoms with Crippen molar-refractivity contribution in [1.29, 1.82) is 0 Å². The number of hydrogen-bond acceptors (Lipinski definition) is 6. The standard InChI is InChI=1S/C18H32ClN5O/c1-6-7-8-9-10-25-16-22-14(19)21-15(23-16)24-17(2,3)11-13(20)12-18(24,4)5/h13H,6-12,20H2,1-5H3. The lowest BCUT2D eigenvalue weighted by molar-refractivity contribution is 0.214. The van der Waals surface area contributed by atoms with Crippen molar-refractivity contribution in [3.8, 4) is 6.01 Å². The first-order valence-electron chi connectivity index (χ1n) is 9.26. The highest BCUT2D eigenvalue weighted by molar-refractivity contribution is 6.28. The van der Waals surface area contributed by atoms with Gasteiger partial charge in [-0.05, 0) is 58.6 Å². The summed E-state index contributed by atoms with van der Waals surface area (Å²) in [7, 11) is 0. The fourth-order valence-corrected chi connectivity index (χ4v) is 4.23. The van der Waals surface area contributed by atoms with Crippen LogP contribution in [0.1, 0.15) is 73.1 Å². The average molecular weight is 370 g/mol. The van der Waals surface area contributed by atoms with Gasteiger partial charge in [-0.25, -0.2) is 0 Å². The highest BCUT2D eigenvalue weighted by Crippen LogP contribution is 2.40. The second-order valence-electron chi connectivity index (χ2n) is 8.22. The van der Waals surface area contributed by atoms with E-state index >= 15 is 0 Å². The molecule has 2 N–H and O–H groups in total. The maximum atomic E-state index is 6.26. The monoisotopic (exact) mass is 369 g/mol. The molecule has 1 aliphatic rings. The second-order valence-corrected chi connectivity index (χ2v) is 8.56. The largest absolute Gasteiger partial charge is 0.463 e. The van der Waals surface area contributed by atoms with Crippen LogP contribution in [0.5, 0.6) is 6.01 Å². The van der Waals surface area contributed by atoms with E-state index in [2.05, 4.69) is 54.5 Å². The summed E-state index contributed by atoms with van der Waals surface area (Å²) in [5.41, 5.74) is 5.91. The summed E-state index contributed by atoms with van der Waals surface area (Å²) in [4.78, 5) is 15.3. The van der Waals surface area contributed by atoms with Gasteiger partial charge in [0.05, 0.1) is 6.61 Å². The first kappa shape index (κ1) is 20.2. The second kappa shape index (κ2) is 8.04. The van der Waals surface area contributed by atoms with Gasteiger partial charge in [-0.3, -0.25) is 0 Å². The van der Waals surface area contributed by atoms with Gasteiger partial charge in [0, 0.05) is 17.1 Å². The van der Waals surface area contributed by atoms with Crippen molar-refractivity contribution in [3.05, 3.63) is 5.28 Å². The molecule has 0 atom stereocenters. The molecule has 6 nitrogen and oxygen atoms in total. The van der Waals surface area contributed by atoms with Gasteiger partial charge in [0.1, 0.15) is 0 Å². The molecule has 0 spiro atoms. The van der Waals surface area contributed by atoms with Crippen LogP contribution >= 0.6 is 11.6 Å². The number of anilines is 1. The van der Waals surface area contributed by atoms with Crippen LogP contribution in [-0.4, -0.2) is 38.7 Å². The van der Waals surface area contributed by atoms with Gasteiger partial charge in [-0.15, -0.1) is 0 Å². The maximum absolute atomic E-state index is 6.26. The fraction of sp³-hybridized carbons (Fsp3) is 0.833. The van der Waals surface area contributed by atoms with E-state index in [4.69, 9.17) is 22.1 Å². The third-order valence-electron chi connectivity index (χ3n) is 4.74. The van der Waals surface area contributed by atoms with Crippen LogP contribution < -0.4 is 15.4 Å². The predicted octanol–water partition coefficient (Wildman–Crippen LogP) is 3.97. The van der Waals surface area contributed by atoms with E-state index in [1.807, 2.05) is 0 Å². The van der Waals surface area contributed by atoms with Crippen molar-refractivity contribution in [2.75, 3.05) is 11.5 Å². The van der Waals surface area contributed by atoms with Gasteiger partial charge in [0.25, 0.3) is 0 Å². The Kier molecular flexibility index (Phi) is 6.49. The minimum Gasteiger partial charge on any atom is -0.463 e. The summed E-state index contributed by atoms with van der Waals surface area (Å²) in [5.74, 6) is 0.561. The number of rotatable bonds is 7. The van der Waals surface area contributed by atoms with Gasteiger partial charge in [0.2, 0.25) is 11.2 Å². The van der Waals surface area contributed by atoms with E-state index < -0.39 is 0 Å². The van der Waals surface area contributed by atoms with Crippen molar-refractivity contribution in [1.82, 2.24) is 15.0 Å². The molecule has 1 aromatic heterocycles. The van der Waals surface area contributed by atoms with Crippen LogP contribution in [0.15, 0.2) is 0 Å². The lowest BCUT2D eigenvalue weighted by Gasteiger charge is -2.54. The molecule has 1 aliphatic heterocycles. The summed E-state index contributed by atoms with van der Waals surface area (Å²) >= 11 is 6.15.